The minimum atomic E-state index is -0.476. The fourth-order valence-corrected chi connectivity index (χ4v) is 4.59. The molecule has 0 aliphatic rings. The second-order valence-corrected chi connectivity index (χ2v) is 9.29. The molecule has 3 aromatic carbocycles. The van der Waals surface area contributed by atoms with Crippen molar-refractivity contribution in [1.82, 2.24) is 4.90 Å². The van der Waals surface area contributed by atoms with E-state index >= 15 is 0 Å². The van der Waals surface area contributed by atoms with E-state index in [9.17, 15) is 5.11 Å². The van der Waals surface area contributed by atoms with Gasteiger partial charge in [-0.15, -0.1) is 0 Å². The number of hydrogen-bond donors (Lipinski definition) is 1. The van der Waals surface area contributed by atoms with Crippen LogP contribution in [0.2, 0.25) is 5.02 Å². The molecular weight excluding hydrogens is 402 g/mol. The highest BCUT2D eigenvalue weighted by Gasteiger charge is 2.15. The van der Waals surface area contributed by atoms with Crippen molar-refractivity contribution in [1.29, 1.82) is 0 Å². The van der Waals surface area contributed by atoms with E-state index in [2.05, 4.69) is 55.1 Å². The van der Waals surface area contributed by atoms with E-state index in [-0.39, 0.29) is 0 Å². The zero-order valence-electron chi connectivity index (χ0n) is 19.2. The molecule has 0 bridgehead atoms. The number of aliphatic hydroxyl groups excluding tert-OH is 1. The predicted octanol–water partition coefficient (Wildman–Crippen LogP) is 8.14. The van der Waals surface area contributed by atoms with Gasteiger partial charge in [0.25, 0.3) is 0 Å². The van der Waals surface area contributed by atoms with Gasteiger partial charge < -0.3 is 10.0 Å². The first-order valence-electron chi connectivity index (χ1n) is 12.1. The third-order valence-corrected chi connectivity index (χ3v) is 6.53. The molecule has 168 valence electrons. The average molecular weight is 440 g/mol. The van der Waals surface area contributed by atoms with E-state index in [4.69, 9.17) is 11.6 Å². The average Bonchev–Trinajstić information content (AvgIpc) is 2.78. The van der Waals surface area contributed by atoms with Crippen molar-refractivity contribution in [2.75, 3.05) is 19.6 Å². The molecule has 31 heavy (non-hydrogen) atoms. The van der Waals surface area contributed by atoms with E-state index in [1.165, 1.54) is 62.1 Å². The Morgan fingerprint density at radius 2 is 1.29 bits per heavy atom. The van der Waals surface area contributed by atoms with Gasteiger partial charge in [0.1, 0.15) is 0 Å². The summed E-state index contributed by atoms with van der Waals surface area (Å²) in [6.07, 6.45) is 9.63. The van der Waals surface area contributed by atoms with Crippen LogP contribution in [0, 0.1) is 0 Å². The van der Waals surface area contributed by atoms with E-state index in [1.54, 1.807) is 0 Å². The number of hydrogen-bond acceptors (Lipinski definition) is 2. The van der Waals surface area contributed by atoms with E-state index < -0.39 is 6.10 Å². The molecule has 0 saturated heterocycles. The molecule has 0 spiro atoms. The van der Waals surface area contributed by atoms with Gasteiger partial charge in [-0.05, 0) is 71.2 Å². The van der Waals surface area contributed by atoms with Gasteiger partial charge in [0, 0.05) is 11.6 Å². The number of aliphatic hydroxyl groups is 1. The molecule has 1 atom stereocenters. The number of benzene rings is 3. The summed E-state index contributed by atoms with van der Waals surface area (Å²) >= 11 is 6.28. The van der Waals surface area contributed by atoms with Gasteiger partial charge in [-0.1, -0.05) is 94.3 Å². The molecule has 2 nitrogen and oxygen atoms in total. The number of unbranched alkanes of at least 4 members (excludes halogenated alkanes) is 6. The van der Waals surface area contributed by atoms with Gasteiger partial charge >= 0.3 is 0 Å². The van der Waals surface area contributed by atoms with Crippen molar-refractivity contribution >= 4 is 33.1 Å². The largest absolute Gasteiger partial charge is 0.387 e. The van der Waals surface area contributed by atoms with Gasteiger partial charge in [-0.3, -0.25) is 0 Å². The normalized spacial score (nSPS) is 12.8. The molecule has 3 heteroatoms. The second-order valence-electron chi connectivity index (χ2n) is 8.85. The highest BCUT2D eigenvalue weighted by molar-refractivity contribution is 6.31. The summed E-state index contributed by atoms with van der Waals surface area (Å²) < 4.78 is 0. The van der Waals surface area contributed by atoms with Crippen molar-refractivity contribution < 1.29 is 5.11 Å². The highest BCUT2D eigenvalue weighted by atomic mass is 35.5. The second kappa shape index (κ2) is 12.4. The van der Waals surface area contributed by atoms with Crippen LogP contribution in [0.25, 0.3) is 21.5 Å². The molecule has 0 heterocycles. The summed E-state index contributed by atoms with van der Waals surface area (Å²) in [5, 5.41) is 16.5. The van der Waals surface area contributed by atoms with Crippen LogP contribution in [0.15, 0.2) is 48.5 Å². The molecule has 0 radical (unpaired) electrons. The Hall–Kier alpha value is -1.61. The Balaban J connectivity index is 1.75. The van der Waals surface area contributed by atoms with Crippen LogP contribution in [0.5, 0.6) is 0 Å². The Labute approximate surface area is 193 Å². The van der Waals surface area contributed by atoms with Crippen molar-refractivity contribution in [3.63, 3.8) is 0 Å². The summed E-state index contributed by atoms with van der Waals surface area (Å²) in [7, 11) is 0. The molecular formula is C28H38ClNO. The zero-order valence-corrected chi connectivity index (χ0v) is 20.0. The lowest BCUT2D eigenvalue weighted by Gasteiger charge is -2.25. The molecule has 0 aromatic heterocycles. The summed E-state index contributed by atoms with van der Waals surface area (Å²) in [6.45, 7) is 7.37. The fraction of sp³-hybridized carbons (Fsp3) is 0.500. The lowest BCUT2D eigenvalue weighted by Crippen LogP contribution is -2.31. The summed E-state index contributed by atoms with van der Waals surface area (Å²) in [6, 6.07) is 16.7. The molecule has 0 aliphatic heterocycles. The molecule has 3 aromatic rings. The minimum absolute atomic E-state index is 0.476. The van der Waals surface area contributed by atoms with Crippen LogP contribution in [0.4, 0.5) is 0 Å². The number of halogens is 1. The number of nitrogens with zero attached hydrogens (tertiary/aromatic N) is 1. The molecule has 1 N–H and O–H groups in total. The van der Waals surface area contributed by atoms with Crippen LogP contribution in [0.3, 0.4) is 0 Å². The number of fused-ring (bicyclic) bond motifs is 3. The Morgan fingerprint density at radius 1 is 0.742 bits per heavy atom. The van der Waals surface area contributed by atoms with Gasteiger partial charge in [-0.25, -0.2) is 0 Å². The number of rotatable bonds is 13. The summed E-state index contributed by atoms with van der Waals surface area (Å²) in [5.74, 6) is 0. The summed E-state index contributed by atoms with van der Waals surface area (Å²) in [4.78, 5) is 2.47. The first kappa shape index (κ1) is 24.0. The third-order valence-electron chi connectivity index (χ3n) is 6.30. The van der Waals surface area contributed by atoms with Gasteiger partial charge in [0.2, 0.25) is 0 Å². The van der Waals surface area contributed by atoms with Crippen LogP contribution in [-0.4, -0.2) is 29.6 Å². The van der Waals surface area contributed by atoms with Crippen LogP contribution >= 0.6 is 11.6 Å². The van der Waals surface area contributed by atoms with Crippen molar-refractivity contribution in [3.05, 3.63) is 59.1 Å². The maximum Gasteiger partial charge on any atom is 0.0917 e. The molecule has 0 fully saturated rings. The first-order chi connectivity index (χ1) is 15.1. The summed E-state index contributed by atoms with van der Waals surface area (Å²) in [5.41, 5.74) is 0.993. The molecule has 0 saturated carbocycles. The minimum Gasteiger partial charge on any atom is -0.387 e. The maximum atomic E-state index is 11.1. The molecule has 3 rings (SSSR count). The first-order valence-corrected chi connectivity index (χ1v) is 12.5. The van der Waals surface area contributed by atoms with Crippen molar-refractivity contribution in [2.45, 2.75) is 71.3 Å². The third kappa shape index (κ3) is 6.94. The lowest BCUT2D eigenvalue weighted by atomic mass is 9.98. The molecule has 0 aliphatic carbocycles. The quantitative estimate of drug-likeness (QED) is 0.214. The fourth-order valence-electron chi connectivity index (χ4n) is 4.42. The van der Waals surface area contributed by atoms with Gasteiger partial charge in [0.15, 0.2) is 0 Å². The van der Waals surface area contributed by atoms with E-state index in [0.717, 1.165) is 34.4 Å². The lowest BCUT2D eigenvalue weighted by molar-refractivity contribution is 0.110. The zero-order chi connectivity index (χ0) is 22.1. The van der Waals surface area contributed by atoms with Crippen LogP contribution in [-0.2, 0) is 0 Å². The van der Waals surface area contributed by atoms with Crippen LogP contribution < -0.4 is 0 Å². The Morgan fingerprint density at radius 3 is 1.90 bits per heavy atom. The van der Waals surface area contributed by atoms with E-state index in [1.807, 2.05) is 12.1 Å². The van der Waals surface area contributed by atoms with E-state index in [0.29, 0.717) is 6.54 Å². The van der Waals surface area contributed by atoms with Crippen LogP contribution in [0.1, 0.15) is 76.9 Å². The predicted molar refractivity (Wildman–Crippen MR) is 136 cm³/mol. The standard InChI is InChI=1S/C28H38ClNO/c1-3-5-7-9-17-30(18-10-8-6-4-2)21-28(31)24-14-13-22-11-12-23-15-16-25(29)20-27(23)26(22)19-24/h11-16,19-20,28,31H,3-10,17-18,21H2,1-2H3. The highest BCUT2D eigenvalue weighted by Crippen LogP contribution is 2.30. The van der Waals surface area contributed by atoms with Crippen molar-refractivity contribution in [3.8, 4) is 0 Å². The monoisotopic (exact) mass is 439 g/mol. The molecule has 1 unspecified atom stereocenters. The van der Waals surface area contributed by atoms with Crippen molar-refractivity contribution in [2.24, 2.45) is 0 Å². The van der Waals surface area contributed by atoms with Gasteiger partial charge in [-0.2, -0.15) is 0 Å². The Kier molecular flexibility index (Phi) is 9.64. The topological polar surface area (TPSA) is 23.5 Å². The smallest absolute Gasteiger partial charge is 0.0917 e. The molecule has 0 amide bonds. The SMILES string of the molecule is CCCCCCN(CCCCCC)CC(O)c1ccc2ccc3ccc(Cl)cc3c2c1. The Bertz CT molecular complexity index is 942. The van der Waals surface area contributed by atoms with Gasteiger partial charge in [0.05, 0.1) is 6.10 Å². The maximum absolute atomic E-state index is 11.1.